The number of alkyl halides is 1. The maximum atomic E-state index is 11.1. The molecular weight excluding hydrogens is 202 g/mol. The van der Waals surface area contributed by atoms with Gasteiger partial charge >= 0.3 is 0 Å². The number of aromatic amines is 1. The van der Waals surface area contributed by atoms with Gasteiger partial charge in [0.2, 0.25) is 5.91 Å². The van der Waals surface area contributed by atoms with Gasteiger partial charge in [-0.1, -0.05) is 6.92 Å². The summed E-state index contributed by atoms with van der Waals surface area (Å²) in [6, 6.07) is 0. The molecule has 5 heteroatoms. The molecule has 0 fully saturated rings. The van der Waals surface area contributed by atoms with E-state index >= 15 is 0 Å². The van der Waals surface area contributed by atoms with Gasteiger partial charge in [-0.05, 0) is 0 Å². The molecule has 1 heterocycles. The molecule has 1 aromatic rings. The number of imidazole rings is 1. The zero-order valence-electron chi connectivity index (χ0n) is 8.14. The second-order valence-electron chi connectivity index (χ2n) is 2.92. The number of H-pyrrole nitrogens is 1. The molecular formula is C9H14ClN3O. The third-order valence-electron chi connectivity index (χ3n) is 1.81. The Balaban J connectivity index is 2.34. The fourth-order valence-corrected chi connectivity index (χ4v) is 1.21. The lowest BCUT2D eigenvalue weighted by atomic mass is 10.4. The molecule has 0 saturated carbocycles. The number of carbonyl (C=O) groups is 1. The van der Waals surface area contributed by atoms with Gasteiger partial charge in [0.05, 0.1) is 18.4 Å². The van der Waals surface area contributed by atoms with Gasteiger partial charge in [-0.2, -0.15) is 0 Å². The molecule has 0 aliphatic rings. The van der Waals surface area contributed by atoms with Gasteiger partial charge in [0.1, 0.15) is 5.82 Å². The van der Waals surface area contributed by atoms with Gasteiger partial charge in [0.15, 0.2) is 0 Å². The van der Waals surface area contributed by atoms with Crippen LogP contribution in [-0.2, 0) is 17.8 Å². The van der Waals surface area contributed by atoms with E-state index in [1.165, 1.54) is 0 Å². The largest absolute Gasteiger partial charge is 0.350 e. The normalized spacial score (nSPS) is 10.1. The van der Waals surface area contributed by atoms with Crippen LogP contribution >= 0.6 is 11.6 Å². The first-order valence-corrected chi connectivity index (χ1v) is 5.15. The van der Waals surface area contributed by atoms with Crippen LogP contribution in [0, 0.1) is 0 Å². The van der Waals surface area contributed by atoms with Gasteiger partial charge < -0.3 is 10.3 Å². The minimum absolute atomic E-state index is 0.0346. The summed E-state index contributed by atoms with van der Waals surface area (Å²) in [5, 5.41) is 2.74. The summed E-state index contributed by atoms with van der Waals surface area (Å²) >= 11 is 5.42. The van der Waals surface area contributed by atoms with E-state index in [4.69, 9.17) is 11.6 Å². The topological polar surface area (TPSA) is 57.8 Å². The minimum atomic E-state index is -0.0346. The molecule has 78 valence electrons. The fourth-order valence-electron chi connectivity index (χ4n) is 1.04. The Hall–Kier alpha value is -1.03. The van der Waals surface area contributed by atoms with Gasteiger partial charge in [0.25, 0.3) is 0 Å². The van der Waals surface area contributed by atoms with Crippen molar-refractivity contribution in [1.29, 1.82) is 0 Å². The summed E-state index contributed by atoms with van der Waals surface area (Å²) in [5.41, 5.74) is 0.921. The van der Waals surface area contributed by atoms with Crippen molar-refractivity contribution in [3.8, 4) is 0 Å². The molecule has 2 N–H and O–H groups in total. The van der Waals surface area contributed by atoms with E-state index in [0.717, 1.165) is 17.9 Å². The Bertz CT molecular complexity index is 298. The number of nitrogens with one attached hydrogen (secondary N) is 2. The lowest BCUT2D eigenvalue weighted by Gasteiger charge is -2.00. The molecule has 0 atom stereocenters. The minimum Gasteiger partial charge on any atom is -0.350 e. The van der Waals surface area contributed by atoms with Gasteiger partial charge in [-0.3, -0.25) is 4.79 Å². The summed E-state index contributed by atoms with van der Waals surface area (Å²) < 4.78 is 0. The van der Waals surface area contributed by atoms with Crippen LogP contribution in [-0.4, -0.2) is 21.8 Å². The summed E-state index contributed by atoms with van der Waals surface area (Å²) in [5.74, 6) is 1.26. The summed E-state index contributed by atoms with van der Waals surface area (Å²) in [6.07, 6.45) is 2.96. The molecule has 1 rings (SSSR count). The number of halogens is 1. The number of rotatable bonds is 5. The molecule has 1 aromatic heterocycles. The third-order valence-corrected chi connectivity index (χ3v) is 2.00. The maximum Gasteiger partial charge on any atom is 0.221 e. The zero-order valence-corrected chi connectivity index (χ0v) is 8.90. The summed E-state index contributed by atoms with van der Waals surface area (Å²) in [7, 11) is 0. The molecule has 0 unspecified atom stereocenters. The van der Waals surface area contributed by atoms with Crippen molar-refractivity contribution < 1.29 is 4.79 Å². The smallest absolute Gasteiger partial charge is 0.221 e. The quantitative estimate of drug-likeness (QED) is 0.726. The molecule has 0 bridgehead atoms. The van der Waals surface area contributed by atoms with Crippen molar-refractivity contribution in [1.82, 2.24) is 15.3 Å². The number of carbonyl (C=O) groups excluding carboxylic acids is 1. The first kappa shape index (κ1) is 11.0. The Morgan fingerprint density at radius 2 is 2.50 bits per heavy atom. The molecule has 0 aromatic carbocycles. The average Bonchev–Trinajstić information content (AvgIpc) is 2.63. The van der Waals surface area contributed by atoms with Gasteiger partial charge in [0, 0.05) is 18.7 Å². The molecule has 14 heavy (non-hydrogen) atoms. The number of nitrogens with zero attached hydrogens (tertiary/aromatic N) is 1. The molecule has 0 radical (unpaired) electrons. The SMILES string of the molecule is CCc1ncc(CNC(=O)CCCl)[nH]1. The molecule has 0 aliphatic carbocycles. The zero-order chi connectivity index (χ0) is 10.4. The van der Waals surface area contributed by atoms with Crippen LogP contribution in [0.15, 0.2) is 6.20 Å². The van der Waals surface area contributed by atoms with Crippen LogP contribution < -0.4 is 5.32 Å². The Kier molecular flexibility index (Phi) is 4.46. The van der Waals surface area contributed by atoms with Crippen molar-refractivity contribution in [3.05, 3.63) is 17.7 Å². The lowest BCUT2D eigenvalue weighted by molar-refractivity contribution is -0.120. The number of hydrogen-bond donors (Lipinski definition) is 2. The first-order chi connectivity index (χ1) is 6.76. The highest BCUT2D eigenvalue weighted by Gasteiger charge is 2.01. The lowest BCUT2D eigenvalue weighted by Crippen LogP contribution is -2.22. The third kappa shape index (κ3) is 3.38. The molecule has 0 spiro atoms. The van der Waals surface area contributed by atoms with Crippen LogP contribution in [0.5, 0.6) is 0 Å². The second kappa shape index (κ2) is 5.65. The van der Waals surface area contributed by atoms with Crippen molar-refractivity contribution in [2.45, 2.75) is 26.3 Å². The number of aromatic nitrogens is 2. The van der Waals surface area contributed by atoms with Crippen molar-refractivity contribution in [2.75, 3.05) is 5.88 Å². The Labute approximate surface area is 88.1 Å². The monoisotopic (exact) mass is 215 g/mol. The van der Waals surface area contributed by atoms with E-state index in [1.807, 2.05) is 6.92 Å². The van der Waals surface area contributed by atoms with E-state index in [9.17, 15) is 4.79 Å². The first-order valence-electron chi connectivity index (χ1n) is 4.61. The number of aryl methyl sites for hydroxylation is 1. The van der Waals surface area contributed by atoms with Crippen LogP contribution in [0.2, 0.25) is 0 Å². The van der Waals surface area contributed by atoms with Gasteiger partial charge in [-0.15, -0.1) is 11.6 Å². The summed E-state index contributed by atoms with van der Waals surface area (Å²) in [4.78, 5) is 18.3. The average molecular weight is 216 g/mol. The van der Waals surface area contributed by atoms with Crippen LogP contribution in [0.1, 0.15) is 24.9 Å². The molecule has 4 nitrogen and oxygen atoms in total. The van der Waals surface area contributed by atoms with Crippen molar-refractivity contribution >= 4 is 17.5 Å². The van der Waals surface area contributed by atoms with E-state index in [1.54, 1.807) is 6.20 Å². The van der Waals surface area contributed by atoms with Crippen molar-refractivity contribution in [3.63, 3.8) is 0 Å². The summed E-state index contributed by atoms with van der Waals surface area (Å²) in [6.45, 7) is 2.51. The second-order valence-corrected chi connectivity index (χ2v) is 3.30. The highest BCUT2D eigenvalue weighted by molar-refractivity contribution is 6.18. The Morgan fingerprint density at radius 3 is 3.07 bits per heavy atom. The van der Waals surface area contributed by atoms with E-state index in [2.05, 4.69) is 15.3 Å². The van der Waals surface area contributed by atoms with Crippen LogP contribution in [0.25, 0.3) is 0 Å². The fraction of sp³-hybridized carbons (Fsp3) is 0.556. The highest BCUT2D eigenvalue weighted by Crippen LogP contribution is 1.97. The van der Waals surface area contributed by atoms with E-state index in [-0.39, 0.29) is 5.91 Å². The molecule has 0 saturated heterocycles. The van der Waals surface area contributed by atoms with Crippen LogP contribution in [0.3, 0.4) is 0 Å². The van der Waals surface area contributed by atoms with Crippen LogP contribution in [0.4, 0.5) is 0 Å². The van der Waals surface area contributed by atoms with E-state index < -0.39 is 0 Å². The number of amides is 1. The molecule has 0 aliphatic heterocycles. The van der Waals surface area contributed by atoms with Gasteiger partial charge in [-0.25, -0.2) is 4.98 Å². The predicted octanol–water partition coefficient (Wildman–Crippen LogP) is 1.22. The maximum absolute atomic E-state index is 11.1. The molecule has 1 amide bonds. The van der Waals surface area contributed by atoms with E-state index in [0.29, 0.717) is 18.8 Å². The number of hydrogen-bond acceptors (Lipinski definition) is 2. The predicted molar refractivity (Wildman–Crippen MR) is 55.1 cm³/mol. The highest BCUT2D eigenvalue weighted by atomic mass is 35.5. The van der Waals surface area contributed by atoms with Crippen molar-refractivity contribution in [2.24, 2.45) is 0 Å². The standard InChI is InChI=1S/C9H14ClN3O/c1-2-8-11-5-7(13-8)6-12-9(14)3-4-10/h5H,2-4,6H2,1H3,(H,11,13)(H,12,14). The Morgan fingerprint density at radius 1 is 1.71 bits per heavy atom.